The molecule has 11 heavy (non-hydrogen) atoms. The number of hydrogen-bond donors (Lipinski definition) is 4. The molecule has 0 amide bonds. The standard InChI is InChI=1S/C7H17NO3/c1-2-8-3-7(4-9,5-10)6-11/h8-11H,2-6H2,1H3. The number of rotatable bonds is 6. The molecule has 4 N–H and O–H groups in total. The summed E-state index contributed by atoms with van der Waals surface area (Å²) >= 11 is 0. The van der Waals surface area contributed by atoms with Crippen LogP contribution in [0.5, 0.6) is 0 Å². The van der Waals surface area contributed by atoms with Crippen LogP contribution in [0.2, 0.25) is 0 Å². The molecule has 4 nitrogen and oxygen atoms in total. The summed E-state index contributed by atoms with van der Waals surface area (Å²) in [5.74, 6) is 0. The van der Waals surface area contributed by atoms with Crippen molar-refractivity contribution in [3.05, 3.63) is 0 Å². The van der Waals surface area contributed by atoms with Gasteiger partial charge in [-0.2, -0.15) is 0 Å². The minimum atomic E-state index is -0.768. The SMILES string of the molecule is CCNCC(CO)(CO)CO. The molecule has 0 unspecified atom stereocenters. The summed E-state index contributed by atoms with van der Waals surface area (Å²) in [4.78, 5) is 0. The van der Waals surface area contributed by atoms with Crippen LogP contribution in [0.3, 0.4) is 0 Å². The maximum atomic E-state index is 8.84. The Hall–Kier alpha value is -0.160. The lowest BCUT2D eigenvalue weighted by molar-refractivity contribution is 0.00681. The average Bonchev–Trinajstić information content (AvgIpc) is 2.08. The van der Waals surface area contributed by atoms with Crippen LogP contribution in [0, 0.1) is 5.41 Å². The Balaban J connectivity index is 3.84. The van der Waals surface area contributed by atoms with Gasteiger partial charge in [0.05, 0.1) is 25.2 Å². The van der Waals surface area contributed by atoms with Crippen LogP contribution in [0.4, 0.5) is 0 Å². The molecule has 0 aromatic heterocycles. The molecule has 0 bridgehead atoms. The first kappa shape index (κ1) is 10.8. The summed E-state index contributed by atoms with van der Waals surface area (Å²) in [5, 5.41) is 29.5. The fourth-order valence-corrected chi connectivity index (χ4v) is 0.708. The maximum Gasteiger partial charge on any atom is 0.0543 e. The molecule has 0 spiro atoms. The number of aliphatic hydroxyl groups excluding tert-OH is 3. The van der Waals surface area contributed by atoms with Crippen LogP contribution in [-0.4, -0.2) is 48.2 Å². The van der Waals surface area contributed by atoms with Gasteiger partial charge in [-0.25, -0.2) is 0 Å². The third-order valence-corrected chi connectivity index (χ3v) is 1.76. The molecule has 0 atom stereocenters. The fourth-order valence-electron chi connectivity index (χ4n) is 0.708. The molecule has 0 radical (unpaired) electrons. The molecule has 0 aromatic carbocycles. The quantitative estimate of drug-likeness (QED) is 0.387. The van der Waals surface area contributed by atoms with Crippen molar-refractivity contribution in [1.29, 1.82) is 0 Å². The molecule has 0 saturated heterocycles. The highest BCUT2D eigenvalue weighted by Gasteiger charge is 2.26. The fraction of sp³-hybridized carbons (Fsp3) is 1.00. The van der Waals surface area contributed by atoms with Gasteiger partial charge in [0.15, 0.2) is 0 Å². The molecule has 0 fully saturated rings. The summed E-state index contributed by atoms with van der Waals surface area (Å²) in [6.07, 6.45) is 0. The predicted molar refractivity (Wildman–Crippen MR) is 42.2 cm³/mol. The highest BCUT2D eigenvalue weighted by Crippen LogP contribution is 2.12. The van der Waals surface area contributed by atoms with Gasteiger partial charge in [0.2, 0.25) is 0 Å². The zero-order valence-corrected chi connectivity index (χ0v) is 6.88. The molecule has 0 aliphatic rings. The Kier molecular flexibility index (Phi) is 5.41. The first-order valence-electron chi connectivity index (χ1n) is 3.78. The highest BCUT2D eigenvalue weighted by atomic mass is 16.3. The van der Waals surface area contributed by atoms with Crippen molar-refractivity contribution in [3.8, 4) is 0 Å². The van der Waals surface area contributed by atoms with Crippen LogP contribution in [0.15, 0.2) is 0 Å². The molecule has 0 heterocycles. The van der Waals surface area contributed by atoms with E-state index in [1.807, 2.05) is 6.92 Å². The number of nitrogens with one attached hydrogen (secondary N) is 1. The number of hydrogen-bond acceptors (Lipinski definition) is 4. The smallest absolute Gasteiger partial charge is 0.0543 e. The van der Waals surface area contributed by atoms with Crippen molar-refractivity contribution >= 4 is 0 Å². The van der Waals surface area contributed by atoms with Gasteiger partial charge in [-0.15, -0.1) is 0 Å². The molecule has 0 aromatic rings. The van der Waals surface area contributed by atoms with Gasteiger partial charge in [0.1, 0.15) is 0 Å². The zero-order valence-electron chi connectivity index (χ0n) is 6.88. The Morgan fingerprint density at radius 3 is 1.82 bits per heavy atom. The van der Waals surface area contributed by atoms with Crippen LogP contribution in [0.25, 0.3) is 0 Å². The van der Waals surface area contributed by atoms with E-state index in [4.69, 9.17) is 15.3 Å². The van der Waals surface area contributed by atoms with Gasteiger partial charge in [-0.1, -0.05) is 6.92 Å². The van der Waals surface area contributed by atoms with Crippen LogP contribution in [0.1, 0.15) is 6.92 Å². The van der Waals surface area contributed by atoms with Crippen molar-refractivity contribution in [2.45, 2.75) is 6.92 Å². The third-order valence-electron chi connectivity index (χ3n) is 1.76. The molecular formula is C7H17NO3. The van der Waals surface area contributed by atoms with E-state index in [1.54, 1.807) is 0 Å². The van der Waals surface area contributed by atoms with Gasteiger partial charge in [-0.05, 0) is 6.54 Å². The second kappa shape index (κ2) is 5.49. The van der Waals surface area contributed by atoms with Crippen LogP contribution in [-0.2, 0) is 0 Å². The molecular weight excluding hydrogens is 146 g/mol. The molecule has 0 saturated carbocycles. The van der Waals surface area contributed by atoms with E-state index in [0.29, 0.717) is 6.54 Å². The van der Waals surface area contributed by atoms with Crippen molar-refractivity contribution in [3.63, 3.8) is 0 Å². The average molecular weight is 163 g/mol. The largest absolute Gasteiger partial charge is 0.396 e. The Labute approximate surface area is 66.9 Å². The van der Waals surface area contributed by atoms with E-state index in [-0.39, 0.29) is 19.8 Å². The summed E-state index contributed by atoms with van der Waals surface area (Å²) in [7, 11) is 0. The van der Waals surface area contributed by atoms with E-state index in [9.17, 15) is 0 Å². The van der Waals surface area contributed by atoms with Gasteiger partial charge in [0.25, 0.3) is 0 Å². The van der Waals surface area contributed by atoms with Crippen molar-refractivity contribution in [2.24, 2.45) is 5.41 Å². The van der Waals surface area contributed by atoms with Crippen LogP contribution >= 0.6 is 0 Å². The summed E-state index contributed by atoms with van der Waals surface area (Å²) in [6.45, 7) is 2.53. The molecule has 0 aliphatic heterocycles. The Morgan fingerprint density at radius 1 is 1.09 bits per heavy atom. The van der Waals surface area contributed by atoms with Crippen LogP contribution < -0.4 is 5.32 Å². The van der Waals surface area contributed by atoms with E-state index in [0.717, 1.165) is 6.54 Å². The van der Waals surface area contributed by atoms with Crippen molar-refractivity contribution in [1.82, 2.24) is 5.32 Å². The normalized spacial score (nSPS) is 12.0. The van der Waals surface area contributed by atoms with E-state index >= 15 is 0 Å². The monoisotopic (exact) mass is 163 g/mol. The van der Waals surface area contributed by atoms with E-state index in [2.05, 4.69) is 5.32 Å². The summed E-state index contributed by atoms with van der Waals surface area (Å²) in [5.41, 5.74) is -0.768. The number of aliphatic hydroxyl groups is 3. The molecule has 4 heteroatoms. The molecule has 0 aliphatic carbocycles. The van der Waals surface area contributed by atoms with E-state index < -0.39 is 5.41 Å². The van der Waals surface area contributed by atoms with Gasteiger partial charge in [-0.3, -0.25) is 0 Å². The van der Waals surface area contributed by atoms with Gasteiger partial charge >= 0.3 is 0 Å². The second-order valence-electron chi connectivity index (χ2n) is 2.75. The van der Waals surface area contributed by atoms with Crippen molar-refractivity contribution < 1.29 is 15.3 Å². The predicted octanol–water partition coefficient (Wildman–Crippen LogP) is -1.44. The first-order chi connectivity index (χ1) is 5.24. The summed E-state index contributed by atoms with van der Waals surface area (Å²) in [6, 6.07) is 0. The zero-order chi connectivity index (χ0) is 8.74. The van der Waals surface area contributed by atoms with E-state index in [1.165, 1.54) is 0 Å². The van der Waals surface area contributed by atoms with Gasteiger partial charge in [0, 0.05) is 6.54 Å². The minimum absolute atomic E-state index is 0.201. The highest BCUT2D eigenvalue weighted by molar-refractivity contribution is 4.78. The maximum absolute atomic E-state index is 8.84. The molecule has 0 rings (SSSR count). The Morgan fingerprint density at radius 2 is 1.55 bits per heavy atom. The lowest BCUT2D eigenvalue weighted by Gasteiger charge is -2.27. The molecule has 68 valence electrons. The second-order valence-corrected chi connectivity index (χ2v) is 2.75. The van der Waals surface area contributed by atoms with Gasteiger partial charge < -0.3 is 20.6 Å². The minimum Gasteiger partial charge on any atom is -0.396 e. The first-order valence-corrected chi connectivity index (χ1v) is 3.78. The third kappa shape index (κ3) is 3.16. The lowest BCUT2D eigenvalue weighted by Crippen LogP contribution is -2.43. The topological polar surface area (TPSA) is 72.7 Å². The van der Waals surface area contributed by atoms with Crippen molar-refractivity contribution in [2.75, 3.05) is 32.9 Å². The summed E-state index contributed by atoms with van der Waals surface area (Å²) < 4.78 is 0. The Bertz CT molecular complexity index is 85.4. The lowest BCUT2D eigenvalue weighted by atomic mass is 9.91.